The van der Waals surface area contributed by atoms with Gasteiger partial charge in [-0.15, -0.1) is 0 Å². The van der Waals surface area contributed by atoms with Crippen LogP contribution in [-0.2, 0) is 17.8 Å². The molecular formula is C26H21FN4O2. The van der Waals surface area contributed by atoms with E-state index in [2.05, 4.69) is 15.3 Å². The minimum Gasteiger partial charge on any atom is -0.354 e. The molecule has 0 fully saturated rings. The highest BCUT2D eigenvalue weighted by Gasteiger charge is 2.27. The standard InChI is InChI=1S/C26H21FN4O2/c27-18-10-8-17(9-11-18)26(33)31-14-12-21-20-6-1-2-7-23(20)30-24(21)22(16-31)25(32)29-15-19-5-3-4-13-28-19/h1-11,13,16,30H,12,14-15H2,(H,29,32). The molecular weight excluding hydrogens is 419 g/mol. The monoisotopic (exact) mass is 440 g/mol. The molecule has 6 nitrogen and oxygen atoms in total. The van der Waals surface area contributed by atoms with Crippen LogP contribution in [0.3, 0.4) is 0 Å². The number of nitrogens with zero attached hydrogens (tertiary/aromatic N) is 2. The zero-order valence-electron chi connectivity index (χ0n) is 17.7. The Bertz CT molecular complexity index is 1360. The Kier molecular flexibility index (Phi) is 5.44. The van der Waals surface area contributed by atoms with Crippen LogP contribution < -0.4 is 5.32 Å². The van der Waals surface area contributed by atoms with Crippen molar-refractivity contribution in [3.8, 4) is 0 Å². The average molecular weight is 440 g/mol. The largest absolute Gasteiger partial charge is 0.354 e. The highest BCUT2D eigenvalue weighted by atomic mass is 19.1. The third kappa shape index (κ3) is 4.13. The molecule has 0 atom stereocenters. The highest BCUT2D eigenvalue weighted by molar-refractivity contribution is 6.21. The number of rotatable bonds is 4. The summed E-state index contributed by atoms with van der Waals surface area (Å²) in [7, 11) is 0. The van der Waals surface area contributed by atoms with E-state index in [-0.39, 0.29) is 18.4 Å². The number of para-hydroxylation sites is 1. The first-order valence-corrected chi connectivity index (χ1v) is 10.7. The summed E-state index contributed by atoms with van der Waals surface area (Å²) in [4.78, 5) is 35.6. The number of fused-ring (bicyclic) bond motifs is 3. The Hall–Kier alpha value is -4.26. The summed E-state index contributed by atoms with van der Waals surface area (Å²) >= 11 is 0. The van der Waals surface area contributed by atoms with Crippen LogP contribution in [0, 0.1) is 5.82 Å². The number of halogens is 1. The maximum absolute atomic E-state index is 13.3. The SMILES string of the molecule is O=C(NCc1ccccn1)C1=CN(C(=O)c2ccc(F)cc2)CCc2c1[nH]c1ccccc21. The topological polar surface area (TPSA) is 78.1 Å². The number of amides is 2. The van der Waals surface area contributed by atoms with E-state index in [1.54, 1.807) is 12.4 Å². The predicted molar refractivity (Wildman–Crippen MR) is 123 cm³/mol. The molecule has 7 heteroatoms. The van der Waals surface area contributed by atoms with E-state index in [1.165, 1.54) is 29.2 Å². The number of aromatic nitrogens is 2. The molecule has 1 aliphatic rings. The smallest absolute Gasteiger partial charge is 0.257 e. The molecule has 0 saturated heterocycles. The van der Waals surface area contributed by atoms with Gasteiger partial charge < -0.3 is 15.2 Å². The Morgan fingerprint density at radius 3 is 2.61 bits per heavy atom. The zero-order valence-corrected chi connectivity index (χ0v) is 17.7. The van der Waals surface area contributed by atoms with Crippen LogP contribution in [0.2, 0.25) is 0 Å². The molecule has 0 spiro atoms. The number of aromatic amines is 1. The van der Waals surface area contributed by atoms with Crippen LogP contribution in [0.1, 0.15) is 27.3 Å². The number of nitrogens with one attached hydrogen (secondary N) is 2. The molecule has 0 radical (unpaired) electrons. The van der Waals surface area contributed by atoms with Crippen LogP contribution in [0.5, 0.6) is 0 Å². The van der Waals surface area contributed by atoms with Crippen molar-refractivity contribution in [1.29, 1.82) is 0 Å². The normalized spacial score (nSPS) is 13.2. The van der Waals surface area contributed by atoms with Gasteiger partial charge in [-0.3, -0.25) is 14.6 Å². The molecule has 0 aliphatic carbocycles. The molecule has 0 unspecified atom stereocenters. The second-order valence-corrected chi connectivity index (χ2v) is 7.83. The van der Waals surface area contributed by atoms with Gasteiger partial charge >= 0.3 is 0 Å². The summed E-state index contributed by atoms with van der Waals surface area (Å²) in [5, 5.41) is 3.93. The molecule has 3 heterocycles. The van der Waals surface area contributed by atoms with Gasteiger partial charge in [-0.25, -0.2) is 4.39 Å². The molecule has 4 aromatic rings. The van der Waals surface area contributed by atoms with Gasteiger partial charge in [0.1, 0.15) is 5.82 Å². The number of hydrogen-bond donors (Lipinski definition) is 2. The molecule has 2 N–H and O–H groups in total. The van der Waals surface area contributed by atoms with E-state index in [4.69, 9.17) is 0 Å². The Morgan fingerprint density at radius 2 is 1.82 bits per heavy atom. The van der Waals surface area contributed by atoms with Crippen LogP contribution in [0.15, 0.2) is 79.1 Å². The fourth-order valence-corrected chi connectivity index (χ4v) is 4.07. The lowest BCUT2D eigenvalue weighted by atomic mass is 10.0. The van der Waals surface area contributed by atoms with Gasteiger partial charge in [-0.1, -0.05) is 24.3 Å². The van der Waals surface area contributed by atoms with Crippen LogP contribution in [-0.4, -0.2) is 33.2 Å². The Morgan fingerprint density at radius 1 is 1.03 bits per heavy atom. The molecule has 0 saturated carbocycles. The van der Waals surface area contributed by atoms with Crippen LogP contribution >= 0.6 is 0 Å². The first kappa shape index (κ1) is 20.6. The van der Waals surface area contributed by atoms with Crippen LogP contribution in [0.4, 0.5) is 4.39 Å². The van der Waals surface area contributed by atoms with Gasteiger partial charge in [0, 0.05) is 35.4 Å². The van der Waals surface area contributed by atoms with E-state index in [9.17, 15) is 14.0 Å². The minimum atomic E-state index is -0.408. The number of carbonyl (C=O) groups is 2. The third-order valence-corrected chi connectivity index (χ3v) is 5.72. The molecule has 0 bridgehead atoms. The predicted octanol–water partition coefficient (Wildman–Crippen LogP) is 4.06. The Labute approximate surface area is 189 Å². The van der Waals surface area contributed by atoms with E-state index >= 15 is 0 Å². The van der Waals surface area contributed by atoms with Crippen LogP contribution in [0.25, 0.3) is 16.5 Å². The van der Waals surface area contributed by atoms with Crippen molar-refractivity contribution in [3.05, 3.63) is 107 Å². The minimum absolute atomic E-state index is 0.262. The van der Waals surface area contributed by atoms with E-state index in [0.29, 0.717) is 29.8 Å². The molecule has 2 aromatic heterocycles. The van der Waals surface area contributed by atoms with Crippen molar-refractivity contribution < 1.29 is 14.0 Å². The van der Waals surface area contributed by atoms with Gasteiger partial charge in [-0.2, -0.15) is 0 Å². The molecule has 33 heavy (non-hydrogen) atoms. The average Bonchev–Trinajstić information content (AvgIpc) is 3.11. The van der Waals surface area contributed by atoms with Crippen molar-refractivity contribution in [3.63, 3.8) is 0 Å². The molecule has 5 rings (SSSR count). The molecule has 164 valence electrons. The van der Waals surface area contributed by atoms with E-state index in [1.807, 2.05) is 42.5 Å². The van der Waals surface area contributed by atoms with Crippen molar-refractivity contribution in [2.24, 2.45) is 0 Å². The second kappa shape index (κ2) is 8.70. The number of hydrogen-bond acceptors (Lipinski definition) is 3. The Balaban J connectivity index is 1.52. The van der Waals surface area contributed by atoms with Crippen molar-refractivity contribution >= 4 is 28.3 Å². The zero-order chi connectivity index (χ0) is 22.8. The van der Waals surface area contributed by atoms with E-state index in [0.717, 1.165) is 22.2 Å². The fourth-order valence-electron chi connectivity index (χ4n) is 4.07. The van der Waals surface area contributed by atoms with Crippen molar-refractivity contribution in [1.82, 2.24) is 20.2 Å². The van der Waals surface area contributed by atoms with Crippen molar-refractivity contribution in [2.75, 3.05) is 6.54 Å². The first-order chi connectivity index (χ1) is 16.1. The second-order valence-electron chi connectivity index (χ2n) is 7.83. The third-order valence-electron chi connectivity index (χ3n) is 5.72. The number of pyridine rings is 1. The lowest BCUT2D eigenvalue weighted by molar-refractivity contribution is -0.115. The first-order valence-electron chi connectivity index (χ1n) is 10.7. The number of H-pyrrole nitrogens is 1. The summed E-state index contributed by atoms with van der Waals surface area (Å²) in [6, 6.07) is 18.8. The number of carbonyl (C=O) groups excluding carboxylic acids is 2. The van der Waals surface area contributed by atoms with Gasteiger partial charge in [0.2, 0.25) is 0 Å². The number of benzene rings is 2. The fraction of sp³-hybridized carbons (Fsp3) is 0.115. The molecule has 1 aliphatic heterocycles. The lowest BCUT2D eigenvalue weighted by Crippen LogP contribution is -2.29. The summed E-state index contributed by atoms with van der Waals surface area (Å²) < 4.78 is 13.3. The summed E-state index contributed by atoms with van der Waals surface area (Å²) in [5.41, 5.74) is 4.07. The van der Waals surface area contributed by atoms with Gasteiger partial charge in [0.25, 0.3) is 11.8 Å². The summed E-state index contributed by atoms with van der Waals surface area (Å²) in [5.74, 6) is -1.01. The molecule has 2 amide bonds. The van der Waals surface area contributed by atoms with Gasteiger partial charge in [0.05, 0.1) is 23.5 Å². The van der Waals surface area contributed by atoms with Gasteiger partial charge in [0.15, 0.2) is 0 Å². The maximum atomic E-state index is 13.3. The molecule has 2 aromatic carbocycles. The summed E-state index contributed by atoms with van der Waals surface area (Å²) in [6.07, 6.45) is 3.83. The maximum Gasteiger partial charge on any atom is 0.257 e. The van der Waals surface area contributed by atoms with Gasteiger partial charge in [-0.05, 0) is 54.4 Å². The van der Waals surface area contributed by atoms with Crippen molar-refractivity contribution in [2.45, 2.75) is 13.0 Å². The highest BCUT2D eigenvalue weighted by Crippen LogP contribution is 2.31. The quantitative estimate of drug-likeness (QED) is 0.502. The lowest BCUT2D eigenvalue weighted by Gasteiger charge is -2.18. The summed E-state index contributed by atoms with van der Waals surface area (Å²) in [6.45, 7) is 0.653. The van der Waals surface area contributed by atoms with E-state index < -0.39 is 5.82 Å².